The number of rotatable bonds is 6. The van der Waals surface area contributed by atoms with Crippen molar-refractivity contribution in [2.75, 3.05) is 13.1 Å². The number of halogens is 1. The number of aromatic nitrogens is 2. The molecule has 0 amide bonds. The van der Waals surface area contributed by atoms with Gasteiger partial charge in [-0.15, -0.1) is 10.2 Å². The first kappa shape index (κ1) is 14.6. The van der Waals surface area contributed by atoms with Crippen molar-refractivity contribution in [1.29, 1.82) is 0 Å². The van der Waals surface area contributed by atoms with E-state index < -0.39 is 0 Å². The molecule has 0 aliphatic rings. The average Bonchev–Trinajstić information content (AvgIpc) is 2.87. The zero-order valence-electron chi connectivity index (χ0n) is 11.2. The van der Waals surface area contributed by atoms with Gasteiger partial charge in [0.25, 0.3) is 0 Å². The average molecular weight is 340 g/mol. The van der Waals surface area contributed by atoms with Crippen LogP contribution in [0.1, 0.15) is 23.9 Å². The molecule has 19 heavy (non-hydrogen) atoms. The summed E-state index contributed by atoms with van der Waals surface area (Å²) in [6, 6.07) is 6.30. The van der Waals surface area contributed by atoms with Crippen LogP contribution in [0.4, 0.5) is 0 Å². The van der Waals surface area contributed by atoms with Gasteiger partial charge in [-0.1, -0.05) is 46.3 Å². The maximum atomic E-state index is 4.28. The van der Waals surface area contributed by atoms with Crippen LogP contribution in [0, 0.1) is 6.92 Å². The van der Waals surface area contributed by atoms with E-state index in [1.54, 1.807) is 11.3 Å². The molecule has 0 atom stereocenters. The third-order valence-electron chi connectivity index (χ3n) is 2.83. The van der Waals surface area contributed by atoms with Crippen LogP contribution >= 0.6 is 27.3 Å². The quantitative estimate of drug-likeness (QED) is 0.813. The summed E-state index contributed by atoms with van der Waals surface area (Å²) in [4.78, 5) is 0. The standard InChI is InChI=1S/C14H18BrN3S/c1-3-7-16-8-6-13-17-18-14(19-13)11-5-4-10(2)12(15)9-11/h4-5,9,16H,3,6-8H2,1-2H3. The SMILES string of the molecule is CCCNCCc1nnc(-c2ccc(C)c(Br)c2)s1. The topological polar surface area (TPSA) is 37.8 Å². The fourth-order valence-electron chi connectivity index (χ4n) is 1.69. The highest BCUT2D eigenvalue weighted by Crippen LogP contribution is 2.27. The lowest BCUT2D eigenvalue weighted by Gasteiger charge is -2.00. The molecule has 0 aliphatic heterocycles. The monoisotopic (exact) mass is 339 g/mol. The second-order valence-electron chi connectivity index (χ2n) is 4.46. The van der Waals surface area contributed by atoms with Crippen LogP contribution < -0.4 is 5.32 Å². The molecule has 1 aromatic carbocycles. The molecule has 0 radical (unpaired) electrons. The summed E-state index contributed by atoms with van der Waals surface area (Å²) in [5, 5.41) is 14.0. The van der Waals surface area contributed by atoms with Crippen LogP contribution in [-0.2, 0) is 6.42 Å². The third kappa shape index (κ3) is 4.09. The van der Waals surface area contributed by atoms with Gasteiger partial charge >= 0.3 is 0 Å². The minimum Gasteiger partial charge on any atom is -0.316 e. The summed E-state index contributed by atoms with van der Waals surface area (Å²) in [5.74, 6) is 0. The fourth-order valence-corrected chi connectivity index (χ4v) is 2.91. The Morgan fingerprint density at radius 3 is 2.84 bits per heavy atom. The van der Waals surface area contributed by atoms with Crippen molar-refractivity contribution in [2.24, 2.45) is 0 Å². The highest BCUT2D eigenvalue weighted by atomic mass is 79.9. The Bertz CT molecular complexity index is 539. The Balaban J connectivity index is 2.01. The van der Waals surface area contributed by atoms with Gasteiger partial charge in [0, 0.05) is 23.0 Å². The van der Waals surface area contributed by atoms with E-state index in [1.165, 1.54) is 12.0 Å². The van der Waals surface area contributed by atoms with Gasteiger partial charge in [-0.3, -0.25) is 0 Å². The molecule has 0 unspecified atom stereocenters. The minimum atomic E-state index is 0.949. The lowest BCUT2D eigenvalue weighted by molar-refractivity contribution is 0.668. The Morgan fingerprint density at radius 1 is 1.26 bits per heavy atom. The number of hydrogen-bond acceptors (Lipinski definition) is 4. The molecule has 102 valence electrons. The minimum absolute atomic E-state index is 0.949. The zero-order valence-corrected chi connectivity index (χ0v) is 13.6. The van der Waals surface area contributed by atoms with E-state index in [4.69, 9.17) is 0 Å². The zero-order chi connectivity index (χ0) is 13.7. The normalized spacial score (nSPS) is 10.9. The molecule has 0 bridgehead atoms. The lowest BCUT2D eigenvalue weighted by Crippen LogP contribution is -2.17. The predicted molar refractivity (Wildman–Crippen MR) is 84.6 cm³/mol. The summed E-state index contributed by atoms with van der Waals surface area (Å²) in [7, 11) is 0. The number of nitrogens with one attached hydrogen (secondary N) is 1. The Hall–Kier alpha value is -0.780. The van der Waals surface area contributed by atoms with Crippen LogP contribution in [0.3, 0.4) is 0 Å². The van der Waals surface area contributed by atoms with E-state index >= 15 is 0 Å². The molecule has 0 aliphatic carbocycles. The molecule has 2 aromatic rings. The van der Waals surface area contributed by atoms with Gasteiger partial charge in [-0.25, -0.2) is 0 Å². The van der Waals surface area contributed by atoms with Crippen LogP contribution in [0.25, 0.3) is 10.6 Å². The van der Waals surface area contributed by atoms with Gasteiger partial charge < -0.3 is 5.32 Å². The van der Waals surface area contributed by atoms with Crippen molar-refractivity contribution in [3.8, 4) is 10.6 Å². The summed E-state index contributed by atoms with van der Waals surface area (Å²) < 4.78 is 1.12. The first-order valence-corrected chi connectivity index (χ1v) is 8.11. The van der Waals surface area contributed by atoms with Crippen molar-refractivity contribution in [3.63, 3.8) is 0 Å². The van der Waals surface area contributed by atoms with Gasteiger partial charge in [-0.2, -0.15) is 0 Å². The summed E-state index contributed by atoms with van der Waals surface area (Å²) in [6.45, 7) is 6.29. The van der Waals surface area contributed by atoms with Crippen molar-refractivity contribution < 1.29 is 0 Å². The summed E-state index contributed by atoms with van der Waals surface area (Å²) in [6.07, 6.45) is 2.11. The molecule has 1 heterocycles. The molecule has 5 heteroatoms. The second kappa shape index (κ2) is 7.12. The van der Waals surface area contributed by atoms with Gasteiger partial charge in [-0.05, 0) is 31.5 Å². The maximum absolute atomic E-state index is 4.28. The van der Waals surface area contributed by atoms with Crippen molar-refractivity contribution in [1.82, 2.24) is 15.5 Å². The van der Waals surface area contributed by atoms with Gasteiger partial charge in [0.05, 0.1) is 0 Å². The Morgan fingerprint density at radius 2 is 2.11 bits per heavy atom. The molecular formula is C14H18BrN3S. The van der Waals surface area contributed by atoms with Crippen LogP contribution in [-0.4, -0.2) is 23.3 Å². The van der Waals surface area contributed by atoms with Crippen LogP contribution in [0.5, 0.6) is 0 Å². The first-order valence-electron chi connectivity index (χ1n) is 6.50. The molecule has 0 saturated heterocycles. The number of hydrogen-bond donors (Lipinski definition) is 1. The van der Waals surface area contributed by atoms with E-state index in [0.717, 1.165) is 39.6 Å². The van der Waals surface area contributed by atoms with Gasteiger partial charge in [0.2, 0.25) is 0 Å². The van der Waals surface area contributed by atoms with Crippen molar-refractivity contribution in [3.05, 3.63) is 33.2 Å². The molecule has 0 fully saturated rings. The van der Waals surface area contributed by atoms with Gasteiger partial charge in [0.1, 0.15) is 10.0 Å². The molecule has 3 nitrogen and oxygen atoms in total. The van der Waals surface area contributed by atoms with Crippen molar-refractivity contribution >= 4 is 27.3 Å². The molecule has 0 spiro atoms. The van der Waals surface area contributed by atoms with E-state index in [9.17, 15) is 0 Å². The highest BCUT2D eigenvalue weighted by Gasteiger charge is 2.07. The van der Waals surface area contributed by atoms with Gasteiger partial charge in [0.15, 0.2) is 0 Å². The lowest BCUT2D eigenvalue weighted by atomic mass is 10.2. The largest absolute Gasteiger partial charge is 0.316 e. The highest BCUT2D eigenvalue weighted by molar-refractivity contribution is 9.10. The molecule has 0 saturated carbocycles. The maximum Gasteiger partial charge on any atom is 0.147 e. The third-order valence-corrected chi connectivity index (χ3v) is 4.71. The number of aryl methyl sites for hydroxylation is 1. The summed E-state index contributed by atoms with van der Waals surface area (Å²) >= 11 is 5.23. The smallest absolute Gasteiger partial charge is 0.147 e. The van der Waals surface area contributed by atoms with Crippen molar-refractivity contribution in [2.45, 2.75) is 26.7 Å². The van der Waals surface area contributed by atoms with Crippen LogP contribution in [0.15, 0.2) is 22.7 Å². The van der Waals surface area contributed by atoms with E-state index in [1.807, 2.05) is 0 Å². The van der Waals surface area contributed by atoms with E-state index in [2.05, 4.69) is 63.5 Å². The number of nitrogens with zero attached hydrogens (tertiary/aromatic N) is 2. The molecule has 1 N–H and O–H groups in total. The first-order chi connectivity index (χ1) is 9.20. The van der Waals surface area contributed by atoms with E-state index in [-0.39, 0.29) is 0 Å². The summed E-state index contributed by atoms with van der Waals surface area (Å²) in [5.41, 5.74) is 2.36. The van der Waals surface area contributed by atoms with E-state index in [0.29, 0.717) is 0 Å². The Labute approximate surface area is 126 Å². The fraction of sp³-hybridized carbons (Fsp3) is 0.429. The Kier molecular flexibility index (Phi) is 5.48. The molecule has 1 aromatic heterocycles. The predicted octanol–water partition coefficient (Wildman–Crippen LogP) is 3.82. The number of benzene rings is 1. The van der Waals surface area contributed by atoms with Crippen LogP contribution in [0.2, 0.25) is 0 Å². The second-order valence-corrected chi connectivity index (χ2v) is 6.38. The molecule has 2 rings (SSSR count). The molecular weight excluding hydrogens is 322 g/mol.